The number of nitrogens with zero attached hydrogens (tertiary/aromatic N) is 2. The standard InChI is InChI=1S/C40H30N2O2.2CHF3O3S/c1-3-10-37-30(7-1)25-33(43-37)16-12-27-23-32(15-17-34-26-31-8-2-4-11-38(31)44-34)42-22-19-29-14-13-28-18-21-41-20-6-5-9-35(41)39(28)40(29)36(42)24-27;2*2-1(3,4)8(5,6)7/h1-17,20,23-26H,18-19,21-22H2;2*(H,5,6,7)/q+2;;/p-2. The van der Waals surface area contributed by atoms with Crippen molar-refractivity contribution in [3.8, 4) is 22.5 Å². The fraction of sp³-hybridized carbons (Fsp3) is 0.143. The fourth-order valence-electron chi connectivity index (χ4n) is 6.93. The summed E-state index contributed by atoms with van der Waals surface area (Å²) in [6.07, 6.45) is 12.8. The van der Waals surface area contributed by atoms with Gasteiger partial charge in [-0.15, -0.1) is 0 Å². The van der Waals surface area contributed by atoms with E-state index in [0.717, 1.165) is 70.6 Å². The highest BCUT2D eigenvalue weighted by molar-refractivity contribution is 7.86. The number of rotatable bonds is 4. The second-order valence-corrected chi connectivity index (χ2v) is 16.2. The van der Waals surface area contributed by atoms with Crippen LogP contribution in [0.3, 0.4) is 0 Å². The minimum atomic E-state index is -6.09. The third-order valence-electron chi connectivity index (χ3n) is 9.59. The summed E-state index contributed by atoms with van der Waals surface area (Å²) in [4.78, 5) is 0. The number of hydrogen-bond acceptors (Lipinski definition) is 8. The van der Waals surface area contributed by atoms with Gasteiger partial charge in [-0.25, -0.2) is 16.8 Å². The Morgan fingerprint density at radius 1 is 0.567 bits per heavy atom. The lowest BCUT2D eigenvalue weighted by Gasteiger charge is -2.23. The maximum absolute atomic E-state index is 10.7. The van der Waals surface area contributed by atoms with Crippen molar-refractivity contribution in [2.24, 2.45) is 0 Å². The molecule has 6 heterocycles. The van der Waals surface area contributed by atoms with E-state index in [4.69, 9.17) is 34.8 Å². The highest BCUT2D eigenvalue weighted by Crippen LogP contribution is 2.40. The molecule has 0 amide bonds. The molecule has 18 heteroatoms. The first kappa shape index (κ1) is 42.1. The normalized spacial score (nSPS) is 13.9. The summed E-state index contributed by atoms with van der Waals surface area (Å²) in [6.45, 7) is 1.93. The fourth-order valence-corrected chi connectivity index (χ4v) is 6.93. The molecule has 2 aliphatic rings. The van der Waals surface area contributed by atoms with Crippen LogP contribution in [0, 0.1) is 0 Å². The summed E-state index contributed by atoms with van der Waals surface area (Å²) < 4.78 is 135. The van der Waals surface area contributed by atoms with Gasteiger partial charge in [0, 0.05) is 54.0 Å². The molecule has 0 saturated carbocycles. The SMILES string of the molecule is C(=Cc1cc2ccccc2o1)c1cc(C=Cc2cc3ccccc3o2)[n+]2c(c1)-c1c(ccc3c1-c1cccc[n+]1CC3)CC2.O=S(=O)([O-])C(F)(F)F.O=S(=O)([O-])C(F)(F)F. The molecule has 0 fully saturated rings. The molecule has 0 aliphatic carbocycles. The summed E-state index contributed by atoms with van der Waals surface area (Å²) in [7, 11) is -12.2. The maximum Gasteiger partial charge on any atom is 0.485 e. The minimum Gasteiger partial charge on any atom is -0.741 e. The Balaban J connectivity index is 0.000000290. The van der Waals surface area contributed by atoms with Crippen molar-refractivity contribution in [2.45, 2.75) is 36.9 Å². The van der Waals surface area contributed by atoms with Gasteiger partial charge in [-0.2, -0.15) is 35.5 Å². The second-order valence-electron chi connectivity index (χ2n) is 13.5. The highest BCUT2D eigenvalue weighted by atomic mass is 32.2. The van der Waals surface area contributed by atoms with Crippen molar-refractivity contribution in [3.63, 3.8) is 0 Å². The summed E-state index contributed by atoms with van der Waals surface area (Å²) >= 11 is 0. The van der Waals surface area contributed by atoms with E-state index in [-0.39, 0.29) is 0 Å². The average molecular weight is 869 g/mol. The molecule has 7 aromatic rings. The Kier molecular flexibility index (Phi) is 11.3. The zero-order valence-electron chi connectivity index (χ0n) is 30.8. The van der Waals surface area contributed by atoms with E-state index in [9.17, 15) is 26.3 Å². The number of aryl methyl sites for hydroxylation is 3. The number of furan rings is 2. The highest BCUT2D eigenvalue weighted by Gasteiger charge is 2.38. The van der Waals surface area contributed by atoms with Gasteiger partial charge in [0.25, 0.3) is 0 Å². The molecule has 10 nitrogen and oxygen atoms in total. The van der Waals surface area contributed by atoms with E-state index in [0.29, 0.717) is 0 Å². The molecule has 9 rings (SSSR count). The van der Waals surface area contributed by atoms with Crippen molar-refractivity contribution in [3.05, 3.63) is 143 Å². The molecule has 0 radical (unpaired) electrons. The number of fused-ring (bicyclic) bond motifs is 9. The van der Waals surface area contributed by atoms with Crippen LogP contribution in [-0.4, -0.2) is 37.0 Å². The third-order valence-corrected chi connectivity index (χ3v) is 10.7. The Morgan fingerprint density at radius 3 is 1.58 bits per heavy atom. The van der Waals surface area contributed by atoms with Crippen LogP contribution in [0.5, 0.6) is 0 Å². The zero-order chi connectivity index (χ0) is 43.0. The van der Waals surface area contributed by atoms with Gasteiger partial charge in [-0.3, -0.25) is 0 Å². The number of benzene rings is 3. The first-order valence-corrected chi connectivity index (χ1v) is 20.7. The predicted octanol–water partition coefficient (Wildman–Crippen LogP) is 8.64. The number of aromatic nitrogens is 2. The van der Waals surface area contributed by atoms with Crippen LogP contribution in [-0.2, 0) is 46.2 Å². The van der Waals surface area contributed by atoms with Gasteiger partial charge in [0.15, 0.2) is 39.5 Å². The molecule has 3 aromatic carbocycles. The van der Waals surface area contributed by atoms with Crippen LogP contribution in [0.2, 0.25) is 0 Å². The zero-order valence-corrected chi connectivity index (χ0v) is 32.4. The van der Waals surface area contributed by atoms with Crippen molar-refractivity contribution in [1.82, 2.24) is 0 Å². The van der Waals surface area contributed by atoms with Crippen LogP contribution >= 0.6 is 0 Å². The quantitative estimate of drug-likeness (QED) is 0.0739. The topological polar surface area (TPSA) is 148 Å². The van der Waals surface area contributed by atoms with E-state index >= 15 is 0 Å². The van der Waals surface area contributed by atoms with E-state index in [1.54, 1.807) is 0 Å². The third kappa shape index (κ3) is 9.06. The Bertz CT molecular complexity index is 2930. The summed E-state index contributed by atoms with van der Waals surface area (Å²) in [5.74, 6) is 1.70. The molecular formula is C42H30F6N2O8S2. The number of para-hydroxylation sites is 2. The number of pyridine rings is 2. The average Bonchev–Trinajstić information content (AvgIpc) is 3.81. The molecule has 4 aromatic heterocycles. The Morgan fingerprint density at radius 2 is 1.05 bits per heavy atom. The van der Waals surface area contributed by atoms with Gasteiger partial charge in [0.2, 0.25) is 17.1 Å². The first-order chi connectivity index (χ1) is 28.3. The van der Waals surface area contributed by atoms with E-state index < -0.39 is 31.3 Å². The maximum atomic E-state index is 10.7. The predicted molar refractivity (Wildman–Crippen MR) is 207 cm³/mol. The molecule has 0 spiro atoms. The molecule has 0 saturated heterocycles. The molecule has 0 bridgehead atoms. The lowest BCUT2D eigenvalue weighted by atomic mass is 9.84. The summed E-state index contributed by atoms with van der Waals surface area (Å²) in [5.41, 5.74) is 0.880. The van der Waals surface area contributed by atoms with Crippen LogP contribution in [0.15, 0.2) is 118 Å². The Labute approximate surface area is 338 Å². The van der Waals surface area contributed by atoms with Gasteiger partial charge in [-0.1, -0.05) is 54.6 Å². The van der Waals surface area contributed by atoms with Gasteiger partial charge >= 0.3 is 11.0 Å². The number of alkyl halides is 6. The summed E-state index contributed by atoms with van der Waals surface area (Å²) in [5, 5.41) is 2.22. The van der Waals surface area contributed by atoms with Gasteiger partial charge in [0.05, 0.1) is 11.1 Å². The van der Waals surface area contributed by atoms with E-state index in [2.05, 4.69) is 106 Å². The molecule has 60 heavy (non-hydrogen) atoms. The number of hydrogen-bond donors (Lipinski definition) is 0. The van der Waals surface area contributed by atoms with Crippen LogP contribution in [0.1, 0.15) is 33.9 Å². The van der Waals surface area contributed by atoms with Crippen molar-refractivity contribution < 1.29 is 70.3 Å². The van der Waals surface area contributed by atoms with Gasteiger partial charge in [-0.05, 0) is 59.2 Å². The monoisotopic (exact) mass is 868 g/mol. The summed E-state index contributed by atoms with van der Waals surface area (Å²) in [6, 6.07) is 36.4. The smallest absolute Gasteiger partial charge is 0.485 e. The van der Waals surface area contributed by atoms with E-state index in [1.165, 1.54) is 33.6 Å². The van der Waals surface area contributed by atoms with Crippen molar-refractivity contribution in [2.75, 3.05) is 0 Å². The minimum absolute atomic E-state index is 0.846. The van der Waals surface area contributed by atoms with Gasteiger partial charge < -0.3 is 17.9 Å². The molecule has 0 N–H and O–H groups in total. The largest absolute Gasteiger partial charge is 0.741 e. The molecule has 310 valence electrons. The molecule has 2 aliphatic heterocycles. The Hall–Kier alpha value is -6.08. The lowest BCUT2D eigenvalue weighted by molar-refractivity contribution is -0.690. The van der Waals surface area contributed by atoms with Crippen LogP contribution < -0.4 is 9.13 Å². The van der Waals surface area contributed by atoms with Crippen LogP contribution in [0.4, 0.5) is 26.3 Å². The van der Waals surface area contributed by atoms with Crippen LogP contribution in [0.25, 0.3) is 68.8 Å². The van der Waals surface area contributed by atoms with E-state index in [1.807, 2.05) is 36.4 Å². The second kappa shape index (κ2) is 16.2. The lowest BCUT2D eigenvalue weighted by Crippen LogP contribution is -2.44. The van der Waals surface area contributed by atoms with Gasteiger partial charge in [0.1, 0.15) is 22.7 Å². The van der Waals surface area contributed by atoms with Crippen molar-refractivity contribution >= 4 is 66.5 Å². The molecular weight excluding hydrogens is 839 g/mol. The van der Waals surface area contributed by atoms with Crippen molar-refractivity contribution in [1.29, 1.82) is 0 Å². The molecule has 0 atom stereocenters. The number of halogens is 6. The molecule has 0 unspecified atom stereocenters. The first-order valence-electron chi connectivity index (χ1n) is 17.9.